The normalized spacial score (nSPS) is 10.4. The average molecular weight is 291 g/mol. The average Bonchev–Trinajstić information content (AvgIpc) is 2.46. The van der Waals surface area contributed by atoms with Crippen molar-refractivity contribution in [3.05, 3.63) is 52.7 Å². The molecular weight excluding hydrogens is 272 g/mol. The third kappa shape index (κ3) is 3.40. The Bertz CT molecular complexity index is 586. The molecule has 4 nitrogen and oxygen atoms in total. The molecule has 106 valence electrons. The highest BCUT2D eigenvalue weighted by Crippen LogP contribution is 2.22. The molecule has 0 radical (unpaired) electrons. The number of benzene rings is 1. The molecule has 0 atom stereocenters. The summed E-state index contributed by atoms with van der Waals surface area (Å²) >= 11 is 6.22. The summed E-state index contributed by atoms with van der Waals surface area (Å²) < 4.78 is 0. The summed E-state index contributed by atoms with van der Waals surface area (Å²) in [5, 5.41) is 0.648. The lowest BCUT2D eigenvalue weighted by molar-refractivity contribution is 0.810. The highest BCUT2D eigenvalue weighted by Gasteiger charge is 2.10. The van der Waals surface area contributed by atoms with Crippen LogP contribution in [0.1, 0.15) is 18.2 Å². The quantitative estimate of drug-likeness (QED) is 0.655. The molecular formula is C15H19ClN4. The van der Waals surface area contributed by atoms with Gasteiger partial charge in [0.15, 0.2) is 0 Å². The number of aromatic nitrogens is 1. The van der Waals surface area contributed by atoms with Crippen LogP contribution in [0.15, 0.2) is 36.4 Å². The Hall–Kier alpha value is -1.78. The van der Waals surface area contributed by atoms with Crippen LogP contribution < -0.4 is 16.2 Å². The molecule has 2 rings (SSSR count). The van der Waals surface area contributed by atoms with E-state index in [1.165, 1.54) is 5.56 Å². The summed E-state index contributed by atoms with van der Waals surface area (Å²) in [6, 6.07) is 12.0. The fourth-order valence-electron chi connectivity index (χ4n) is 2.07. The van der Waals surface area contributed by atoms with Crippen LogP contribution in [0.3, 0.4) is 0 Å². The second-order valence-electron chi connectivity index (χ2n) is 4.62. The van der Waals surface area contributed by atoms with Crippen molar-refractivity contribution in [3.63, 3.8) is 0 Å². The Labute approximate surface area is 124 Å². The van der Waals surface area contributed by atoms with Crippen molar-refractivity contribution in [2.45, 2.75) is 20.4 Å². The summed E-state index contributed by atoms with van der Waals surface area (Å²) in [5.41, 5.74) is 5.75. The van der Waals surface area contributed by atoms with Crippen LogP contribution in [-0.2, 0) is 6.54 Å². The SMILES string of the molecule is CCN(Cc1nc(NN)ccc1Cl)c1cccc(C)c1. The van der Waals surface area contributed by atoms with Gasteiger partial charge in [0, 0.05) is 12.2 Å². The largest absolute Gasteiger partial charge is 0.366 e. The lowest BCUT2D eigenvalue weighted by atomic mass is 10.2. The Morgan fingerprint density at radius 3 is 2.75 bits per heavy atom. The molecule has 1 aromatic heterocycles. The molecule has 0 aliphatic carbocycles. The van der Waals surface area contributed by atoms with Gasteiger partial charge in [0.2, 0.25) is 0 Å². The smallest absolute Gasteiger partial charge is 0.140 e. The molecule has 1 heterocycles. The maximum Gasteiger partial charge on any atom is 0.140 e. The maximum atomic E-state index is 6.22. The zero-order valence-corrected chi connectivity index (χ0v) is 12.5. The highest BCUT2D eigenvalue weighted by molar-refractivity contribution is 6.31. The van der Waals surface area contributed by atoms with Crippen molar-refractivity contribution in [3.8, 4) is 0 Å². The van der Waals surface area contributed by atoms with Crippen LogP contribution in [-0.4, -0.2) is 11.5 Å². The minimum absolute atomic E-state index is 0.615. The number of aryl methyl sites for hydroxylation is 1. The minimum atomic E-state index is 0.615. The number of anilines is 2. The highest BCUT2D eigenvalue weighted by atomic mass is 35.5. The predicted molar refractivity (Wildman–Crippen MR) is 85.0 cm³/mol. The lowest BCUT2D eigenvalue weighted by Crippen LogP contribution is -2.23. The molecule has 0 aliphatic heterocycles. The molecule has 0 aliphatic rings. The predicted octanol–water partition coefficient (Wildman–Crippen LogP) is 3.36. The zero-order chi connectivity index (χ0) is 14.5. The van der Waals surface area contributed by atoms with Crippen molar-refractivity contribution in [1.29, 1.82) is 0 Å². The van der Waals surface area contributed by atoms with Gasteiger partial charge in [-0.3, -0.25) is 0 Å². The first-order valence-electron chi connectivity index (χ1n) is 6.57. The van der Waals surface area contributed by atoms with E-state index in [0.29, 0.717) is 17.4 Å². The molecule has 5 heteroatoms. The first-order chi connectivity index (χ1) is 9.63. The fraction of sp³-hybridized carbons (Fsp3) is 0.267. The Kier molecular flexibility index (Phi) is 4.82. The molecule has 0 saturated heterocycles. The van der Waals surface area contributed by atoms with Gasteiger partial charge in [-0.1, -0.05) is 23.7 Å². The van der Waals surface area contributed by atoms with Gasteiger partial charge in [0.25, 0.3) is 0 Å². The summed E-state index contributed by atoms with van der Waals surface area (Å²) in [7, 11) is 0. The van der Waals surface area contributed by atoms with Gasteiger partial charge < -0.3 is 10.3 Å². The van der Waals surface area contributed by atoms with E-state index in [-0.39, 0.29) is 0 Å². The number of nitrogens with one attached hydrogen (secondary N) is 1. The molecule has 0 fully saturated rings. The second kappa shape index (κ2) is 6.59. The number of hydrogen-bond donors (Lipinski definition) is 2. The van der Waals surface area contributed by atoms with Crippen molar-refractivity contribution in [1.82, 2.24) is 4.98 Å². The standard InChI is InChI=1S/C15H19ClN4/c1-3-20(12-6-4-5-11(2)9-12)10-14-13(16)7-8-15(18-14)19-17/h4-9H,3,10,17H2,1-2H3,(H,18,19). The van der Waals surface area contributed by atoms with Crippen LogP contribution in [0.4, 0.5) is 11.5 Å². The van der Waals surface area contributed by atoms with Crippen LogP contribution in [0.2, 0.25) is 5.02 Å². The number of rotatable bonds is 5. The van der Waals surface area contributed by atoms with E-state index in [9.17, 15) is 0 Å². The summed E-state index contributed by atoms with van der Waals surface area (Å²) in [5.74, 6) is 6.01. The molecule has 2 aromatic rings. The van der Waals surface area contributed by atoms with E-state index in [1.807, 2.05) is 6.07 Å². The van der Waals surface area contributed by atoms with E-state index in [4.69, 9.17) is 17.4 Å². The number of nitrogen functional groups attached to an aromatic ring is 1. The summed E-state index contributed by atoms with van der Waals surface area (Å²) in [6.07, 6.45) is 0. The van der Waals surface area contributed by atoms with Gasteiger partial charge in [0.1, 0.15) is 5.82 Å². The Morgan fingerprint density at radius 2 is 2.10 bits per heavy atom. The van der Waals surface area contributed by atoms with Gasteiger partial charge in [-0.15, -0.1) is 0 Å². The van der Waals surface area contributed by atoms with Gasteiger partial charge >= 0.3 is 0 Å². The molecule has 0 bridgehead atoms. The molecule has 0 unspecified atom stereocenters. The monoisotopic (exact) mass is 290 g/mol. The Morgan fingerprint density at radius 1 is 1.30 bits per heavy atom. The fourth-order valence-corrected chi connectivity index (χ4v) is 2.23. The van der Waals surface area contributed by atoms with Gasteiger partial charge in [-0.05, 0) is 43.7 Å². The van der Waals surface area contributed by atoms with E-state index in [2.05, 4.69) is 53.4 Å². The number of pyridine rings is 1. The van der Waals surface area contributed by atoms with E-state index in [0.717, 1.165) is 17.9 Å². The van der Waals surface area contributed by atoms with E-state index >= 15 is 0 Å². The van der Waals surface area contributed by atoms with Crippen LogP contribution in [0, 0.1) is 6.92 Å². The number of halogens is 1. The van der Waals surface area contributed by atoms with Gasteiger partial charge in [-0.25, -0.2) is 10.8 Å². The van der Waals surface area contributed by atoms with Crippen LogP contribution in [0.25, 0.3) is 0 Å². The number of nitrogens with zero attached hydrogens (tertiary/aromatic N) is 2. The van der Waals surface area contributed by atoms with Crippen molar-refractivity contribution in [2.24, 2.45) is 5.84 Å². The van der Waals surface area contributed by atoms with Crippen molar-refractivity contribution >= 4 is 23.1 Å². The molecule has 1 aromatic carbocycles. The third-order valence-corrected chi connectivity index (χ3v) is 3.50. The zero-order valence-electron chi connectivity index (χ0n) is 11.7. The Balaban J connectivity index is 2.26. The van der Waals surface area contributed by atoms with E-state index < -0.39 is 0 Å². The van der Waals surface area contributed by atoms with Crippen molar-refractivity contribution in [2.75, 3.05) is 16.9 Å². The molecule has 20 heavy (non-hydrogen) atoms. The number of hydrogen-bond acceptors (Lipinski definition) is 4. The second-order valence-corrected chi connectivity index (χ2v) is 5.03. The minimum Gasteiger partial charge on any atom is -0.366 e. The molecule has 0 amide bonds. The molecule has 0 saturated carbocycles. The number of nitrogens with two attached hydrogens (primary N) is 1. The third-order valence-electron chi connectivity index (χ3n) is 3.16. The van der Waals surface area contributed by atoms with E-state index in [1.54, 1.807) is 6.07 Å². The molecule has 0 spiro atoms. The number of hydrazine groups is 1. The van der Waals surface area contributed by atoms with Crippen LogP contribution >= 0.6 is 11.6 Å². The first kappa shape index (κ1) is 14.6. The van der Waals surface area contributed by atoms with Gasteiger partial charge in [0.05, 0.1) is 17.3 Å². The van der Waals surface area contributed by atoms with Crippen molar-refractivity contribution < 1.29 is 0 Å². The molecule has 3 N–H and O–H groups in total. The topological polar surface area (TPSA) is 54.2 Å². The maximum absolute atomic E-state index is 6.22. The van der Waals surface area contributed by atoms with Gasteiger partial charge in [-0.2, -0.15) is 0 Å². The summed E-state index contributed by atoms with van der Waals surface area (Å²) in [6.45, 7) is 5.72. The summed E-state index contributed by atoms with van der Waals surface area (Å²) in [4.78, 5) is 6.64. The first-order valence-corrected chi connectivity index (χ1v) is 6.95. The lowest BCUT2D eigenvalue weighted by Gasteiger charge is -2.23. The van der Waals surface area contributed by atoms with Crippen LogP contribution in [0.5, 0.6) is 0 Å².